The number of aromatic amines is 1. The number of nitrogens with one attached hydrogen (secondary N) is 1. The zero-order valence-corrected chi connectivity index (χ0v) is 13.0. The van der Waals surface area contributed by atoms with E-state index in [0.29, 0.717) is 5.88 Å². The Morgan fingerprint density at radius 3 is 2.86 bits per heavy atom. The highest BCUT2D eigenvalue weighted by atomic mass is 16.5. The Hall–Kier alpha value is -2.33. The molecule has 2 aromatic heterocycles. The summed E-state index contributed by atoms with van der Waals surface area (Å²) < 4.78 is 5.98. The second kappa shape index (κ2) is 6.62. The number of aromatic nitrogens is 2. The van der Waals surface area contributed by atoms with Gasteiger partial charge in [0.1, 0.15) is 5.75 Å². The molecule has 1 N–H and O–H groups in total. The molecule has 0 radical (unpaired) electrons. The molecular formula is C18H21N3O. The molecular weight excluding hydrogens is 274 g/mol. The molecule has 114 valence electrons. The fourth-order valence-corrected chi connectivity index (χ4v) is 2.49. The molecule has 1 aromatic carbocycles. The molecule has 0 bridgehead atoms. The maximum Gasteiger partial charge on any atom is 0.219 e. The molecule has 0 unspecified atom stereocenters. The largest absolute Gasteiger partial charge is 0.438 e. The van der Waals surface area contributed by atoms with Crippen LogP contribution in [0, 0.1) is 0 Å². The first kappa shape index (κ1) is 14.6. The van der Waals surface area contributed by atoms with Crippen molar-refractivity contribution in [3.8, 4) is 11.6 Å². The molecule has 0 aliphatic carbocycles. The topological polar surface area (TPSA) is 41.2 Å². The van der Waals surface area contributed by atoms with Crippen LogP contribution < -0.4 is 4.74 Å². The molecule has 0 aliphatic heterocycles. The predicted octanol–water partition coefficient (Wildman–Crippen LogP) is 3.85. The van der Waals surface area contributed by atoms with Crippen molar-refractivity contribution in [3.05, 3.63) is 54.4 Å². The second-order valence-electron chi connectivity index (χ2n) is 5.41. The normalized spacial score (nSPS) is 11.2. The average Bonchev–Trinajstić information content (AvgIpc) is 2.98. The van der Waals surface area contributed by atoms with E-state index in [2.05, 4.69) is 41.1 Å². The van der Waals surface area contributed by atoms with Crippen molar-refractivity contribution >= 4 is 10.9 Å². The van der Waals surface area contributed by atoms with Crippen LogP contribution in [0.3, 0.4) is 0 Å². The number of rotatable bonds is 6. The number of hydrogen-bond donors (Lipinski definition) is 1. The minimum atomic E-state index is 0.618. The molecule has 0 atom stereocenters. The molecule has 0 fully saturated rings. The van der Waals surface area contributed by atoms with Gasteiger partial charge in [-0.25, -0.2) is 4.98 Å². The first-order chi connectivity index (χ1) is 10.8. The Labute approximate surface area is 130 Å². The summed E-state index contributed by atoms with van der Waals surface area (Å²) in [7, 11) is 2.14. The number of likely N-dealkylation sites (N-methyl/N-ethyl adjacent to an activating group) is 1. The van der Waals surface area contributed by atoms with Crippen molar-refractivity contribution in [1.29, 1.82) is 0 Å². The lowest BCUT2D eigenvalue weighted by molar-refractivity contribution is 0.358. The van der Waals surface area contributed by atoms with E-state index in [0.717, 1.165) is 36.2 Å². The lowest BCUT2D eigenvalue weighted by Crippen LogP contribution is -2.20. The summed E-state index contributed by atoms with van der Waals surface area (Å²) in [6.07, 6.45) is 4.82. The Balaban J connectivity index is 1.91. The standard InChI is InChI=1S/C18H21N3O/c1-3-21(2)12-10-14-13-20-15-7-6-8-16(18(14)15)22-17-9-4-5-11-19-17/h4-9,11,13,20H,3,10,12H2,1-2H3. The van der Waals surface area contributed by atoms with Crippen molar-refractivity contribution in [2.24, 2.45) is 0 Å². The second-order valence-corrected chi connectivity index (χ2v) is 5.41. The summed E-state index contributed by atoms with van der Waals surface area (Å²) in [6.45, 7) is 4.26. The van der Waals surface area contributed by atoms with Gasteiger partial charge in [-0.05, 0) is 43.8 Å². The van der Waals surface area contributed by atoms with Crippen molar-refractivity contribution < 1.29 is 4.74 Å². The van der Waals surface area contributed by atoms with Gasteiger partial charge < -0.3 is 14.6 Å². The van der Waals surface area contributed by atoms with Gasteiger partial charge >= 0.3 is 0 Å². The molecule has 3 rings (SSSR count). The van der Waals surface area contributed by atoms with Crippen LogP contribution in [-0.2, 0) is 6.42 Å². The summed E-state index contributed by atoms with van der Waals surface area (Å²) in [5, 5.41) is 1.15. The Morgan fingerprint density at radius 1 is 1.18 bits per heavy atom. The van der Waals surface area contributed by atoms with Gasteiger partial charge in [-0.1, -0.05) is 19.1 Å². The predicted molar refractivity (Wildman–Crippen MR) is 89.5 cm³/mol. The van der Waals surface area contributed by atoms with Gasteiger partial charge in [0.15, 0.2) is 0 Å². The maximum atomic E-state index is 5.98. The van der Waals surface area contributed by atoms with Crippen LogP contribution >= 0.6 is 0 Å². The van der Waals surface area contributed by atoms with Crippen molar-refractivity contribution in [1.82, 2.24) is 14.9 Å². The van der Waals surface area contributed by atoms with Gasteiger partial charge in [0.2, 0.25) is 5.88 Å². The first-order valence-corrected chi connectivity index (χ1v) is 7.64. The Morgan fingerprint density at radius 2 is 2.09 bits per heavy atom. The lowest BCUT2D eigenvalue weighted by Gasteiger charge is -2.13. The highest BCUT2D eigenvalue weighted by molar-refractivity contribution is 5.89. The number of hydrogen-bond acceptors (Lipinski definition) is 3. The average molecular weight is 295 g/mol. The smallest absolute Gasteiger partial charge is 0.219 e. The molecule has 3 aromatic rings. The van der Waals surface area contributed by atoms with E-state index < -0.39 is 0 Å². The molecule has 4 heteroatoms. The summed E-state index contributed by atoms with van der Waals surface area (Å²) in [4.78, 5) is 9.89. The molecule has 0 amide bonds. The molecule has 0 spiro atoms. The highest BCUT2D eigenvalue weighted by Crippen LogP contribution is 2.31. The third-order valence-corrected chi connectivity index (χ3v) is 3.90. The van der Waals surface area contributed by atoms with E-state index in [1.165, 1.54) is 5.56 Å². The van der Waals surface area contributed by atoms with E-state index in [1.54, 1.807) is 6.20 Å². The minimum absolute atomic E-state index is 0.618. The number of fused-ring (bicyclic) bond motifs is 1. The van der Waals surface area contributed by atoms with Crippen LogP contribution in [0.1, 0.15) is 12.5 Å². The molecule has 0 saturated carbocycles. The van der Waals surface area contributed by atoms with Gasteiger partial charge in [-0.15, -0.1) is 0 Å². The Bertz CT molecular complexity index is 736. The number of nitrogens with zero attached hydrogens (tertiary/aromatic N) is 2. The minimum Gasteiger partial charge on any atom is -0.438 e. The molecule has 2 heterocycles. The van der Waals surface area contributed by atoms with E-state index in [9.17, 15) is 0 Å². The monoisotopic (exact) mass is 295 g/mol. The number of benzene rings is 1. The van der Waals surface area contributed by atoms with E-state index in [-0.39, 0.29) is 0 Å². The molecule has 0 saturated heterocycles. The van der Waals surface area contributed by atoms with Crippen LogP contribution in [0.15, 0.2) is 48.8 Å². The van der Waals surface area contributed by atoms with Gasteiger partial charge in [0.25, 0.3) is 0 Å². The van der Waals surface area contributed by atoms with E-state index in [4.69, 9.17) is 4.74 Å². The van der Waals surface area contributed by atoms with E-state index >= 15 is 0 Å². The quantitative estimate of drug-likeness (QED) is 0.751. The van der Waals surface area contributed by atoms with Crippen LogP contribution in [-0.4, -0.2) is 35.0 Å². The van der Waals surface area contributed by atoms with Crippen molar-refractivity contribution in [3.63, 3.8) is 0 Å². The van der Waals surface area contributed by atoms with Gasteiger partial charge in [-0.3, -0.25) is 0 Å². The van der Waals surface area contributed by atoms with Crippen molar-refractivity contribution in [2.75, 3.05) is 20.1 Å². The van der Waals surface area contributed by atoms with Crippen LogP contribution in [0.5, 0.6) is 11.6 Å². The molecule has 22 heavy (non-hydrogen) atoms. The number of ether oxygens (including phenoxy) is 1. The van der Waals surface area contributed by atoms with Crippen LogP contribution in [0.2, 0.25) is 0 Å². The third kappa shape index (κ3) is 3.12. The van der Waals surface area contributed by atoms with Crippen LogP contribution in [0.4, 0.5) is 0 Å². The van der Waals surface area contributed by atoms with Gasteiger partial charge in [0.05, 0.1) is 0 Å². The third-order valence-electron chi connectivity index (χ3n) is 3.90. The lowest BCUT2D eigenvalue weighted by atomic mass is 10.1. The molecule has 4 nitrogen and oxygen atoms in total. The van der Waals surface area contributed by atoms with E-state index in [1.807, 2.05) is 30.3 Å². The fraction of sp³-hybridized carbons (Fsp3) is 0.278. The van der Waals surface area contributed by atoms with Crippen molar-refractivity contribution in [2.45, 2.75) is 13.3 Å². The zero-order valence-electron chi connectivity index (χ0n) is 13.0. The SMILES string of the molecule is CCN(C)CCc1c[nH]c2cccc(Oc3ccccn3)c12. The summed E-state index contributed by atoms with van der Waals surface area (Å²) in [6, 6.07) is 11.8. The molecule has 0 aliphatic rings. The summed E-state index contributed by atoms with van der Waals surface area (Å²) >= 11 is 0. The number of H-pyrrole nitrogens is 1. The summed E-state index contributed by atoms with van der Waals surface area (Å²) in [5.41, 5.74) is 2.38. The first-order valence-electron chi connectivity index (χ1n) is 7.64. The number of pyridine rings is 1. The van der Waals surface area contributed by atoms with Gasteiger partial charge in [-0.2, -0.15) is 0 Å². The maximum absolute atomic E-state index is 5.98. The van der Waals surface area contributed by atoms with Crippen LogP contribution in [0.25, 0.3) is 10.9 Å². The van der Waals surface area contributed by atoms with Gasteiger partial charge in [0, 0.05) is 35.9 Å². The fourth-order valence-electron chi connectivity index (χ4n) is 2.49. The Kier molecular flexibility index (Phi) is 4.39. The highest BCUT2D eigenvalue weighted by Gasteiger charge is 2.11. The zero-order chi connectivity index (χ0) is 15.4. The summed E-state index contributed by atoms with van der Waals surface area (Å²) in [5.74, 6) is 1.47.